The number of carboxylic acids is 1. The van der Waals surface area contributed by atoms with Crippen molar-refractivity contribution >= 4 is 11.7 Å². The fourth-order valence-electron chi connectivity index (χ4n) is 1.17. The van der Waals surface area contributed by atoms with Crippen LogP contribution in [0.3, 0.4) is 0 Å². The molecule has 1 rings (SSSR count). The van der Waals surface area contributed by atoms with Gasteiger partial charge in [-0.05, 0) is 25.1 Å². The Kier molecular flexibility index (Phi) is 3.51. The van der Waals surface area contributed by atoms with Gasteiger partial charge in [-0.2, -0.15) is 0 Å². The lowest BCUT2D eigenvalue weighted by molar-refractivity contribution is 0.0696. The van der Waals surface area contributed by atoms with Gasteiger partial charge in [-0.3, -0.25) is 0 Å². The van der Waals surface area contributed by atoms with E-state index in [1.54, 1.807) is 13.0 Å². The maximum absolute atomic E-state index is 10.7. The van der Waals surface area contributed by atoms with E-state index >= 15 is 0 Å². The average molecular weight is 211 g/mol. The van der Waals surface area contributed by atoms with Gasteiger partial charge in [0, 0.05) is 0 Å². The number of ether oxygens (including phenoxy) is 1. The van der Waals surface area contributed by atoms with Crippen LogP contribution < -0.4 is 10.1 Å². The summed E-state index contributed by atoms with van der Waals surface area (Å²) in [5, 5.41) is 20.6. The molecule has 3 N–H and O–H groups in total. The highest BCUT2D eigenvalue weighted by Gasteiger charge is 2.09. The second kappa shape index (κ2) is 4.65. The normalized spacial score (nSPS) is 11.9. The number of hydrogen-bond acceptors (Lipinski definition) is 4. The molecule has 0 amide bonds. The van der Waals surface area contributed by atoms with Crippen molar-refractivity contribution in [2.45, 2.75) is 13.2 Å². The third kappa shape index (κ3) is 2.85. The number of carbonyl (C=O) groups is 1. The highest BCUT2D eigenvalue weighted by molar-refractivity contribution is 5.89. The monoisotopic (exact) mass is 211 g/mol. The molecule has 1 atom stereocenters. The van der Waals surface area contributed by atoms with Crippen molar-refractivity contribution in [3.05, 3.63) is 23.8 Å². The van der Waals surface area contributed by atoms with Crippen molar-refractivity contribution in [3.8, 4) is 5.75 Å². The van der Waals surface area contributed by atoms with Crippen LogP contribution in [-0.2, 0) is 0 Å². The van der Waals surface area contributed by atoms with E-state index in [1.165, 1.54) is 19.2 Å². The summed E-state index contributed by atoms with van der Waals surface area (Å²) in [6.07, 6.45) is -0.727. The van der Waals surface area contributed by atoms with Gasteiger partial charge in [0.15, 0.2) is 0 Å². The molecule has 0 saturated heterocycles. The van der Waals surface area contributed by atoms with E-state index in [4.69, 9.17) is 14.9 Å². The van der Waals surface area contributed by atoms with Gasteiger partial charge in [0.05, 0.1) is 18.4 Å². The SMILES string of the molecule is COc1cc(C(=O)O)ccc1NC(C)O. The molecule has 0 saturated carbocycles. The summed E-state index contributed by atoms with van der Waals surface area (Å²) in [6.45, 7) is 1.56. The van der Waals surface area contributed by atoms with E-state index < -0.39 is 12.2 Å². The van der Waals surface area contributed by atoms with Crippen molar-refractivity contribution in [2.24, 2.45) is 0 Å². The van der Waals surface area contributed by atoms with Gasteiger partial charge >= 0.3 is 5.97 Å². The Balaban J connectivity index is 3.03. The van der Waals surface area contributed by atoms with Crippen LogP contribution in [0.15, 0.2) is 18.2 Å². The van der Waals surface area contributed by atoms with Gasteiger partial charge in [0.2, 0.25) is 0 Å². The van der Waals surface area contributed by atoms with E-state index in [0.717, 1.165) is 0 Å². The van der Waals surface area contributed by atoms with Crippen LogP contribution in [0.5, 0.6) is 5.75 Å². The maximum atomic E-state index is 10.7. The number of benzene rings is 1. The smallest absolute Gasteiger partial charge is 0.335 e. The fraction of sp³-hybridized carbons (Fsp3) is 0.300. The molecule has 0 fully saturated rings. The van der Waals surface area contributed by atoms with Crippen LogP contribution >= 0.6 is 0 Å². The average Bonchev–Trinajstić information content (AvgIpc) is 2.17. The second-order valence-electron chi connectivity index (χ2n) is 3.04. The molecule has 1 aromatic rings. The van der Waals surface area contributed by atoms with Crippen LogP contribution in [0, 0.1) is 0 Å². The number of rotatable bonds is 4. The second-order valence-corrected chi connectivity index (χ2v) is 3.04. The topological polar surface area (TPSA) is 78.8 Å². The van der Waals surface area contributed by atoms with Crippen LogP contribution in [0.4, 0.5) is 5.69 Å². The summed E-state index contributed by atoms with van der Waals surface area (Å²) in [6, 6.07) is 4.39. The van der Waals surface area contributed by atoms with Gasteiger partial charge < -0.3 is 20.3 Å². The largest absolute Gasteiger partial charge is 0.495 e. The van der Waals surface area contributed by atoms with Crippen molar-refractivity contribution < 1.29 is 19.7 Å². The standard InChI is InChI=1S/C10H13NO4/c1-6(12)11-8-4-3-7(10(13)14)5-9(8)15-2/h3-6,11-12H,1-2H3,(H,13,14). The van der Waals surface area contributed by atoms with Crippen molar-refractivity contribution in [2.75, 3.05) is 12.4 Å². The Morgan fingerprint density at radius 3 is 2.67 bits per heavy atom. The molecule has 5 heteroatoms. The summed E-state index contributed by atoms with van der Waals surface area (Å²) >= 11 is 0. The first-order valence-corrected chi connectivity index (χ1v) is 4.40. The minimum atomic E-state index is -1.02. The van der Waals surface area contributed by atoms with Gasteiger partial charge in [0.1, 0.15) is 12.0 Å². The minimum Gasteiger partial charge on any atom is -0.495 e. The van der Waals surface area contributed by atoms with Crippen molar-refractivity contribution in [3.63, 3.8) is 0 Å². The maximum Gasteiger partial charge on any atom is 0.335 e. The zero-order chi connectivity index (χ0) is 11.4. The summed E-state index contributed by atoms with van der Waals surface area (Å²) in [5.41, 5.74) is 0.695. The van der Waals surface area contributed by atoms with Gasteiger partial charge in [-0.25, -0.2) is 4.79 Å². The molecule has 5 nitrogen and oxygen atoms in total. The number of aliphatic hydroxyl groups is 1. The zero-order valence-electron chi connectivity index (χ0n) is 8.52. The zero-order valence-corrected chi connectivity index (χ0v) is 8.52. The van der Waals surface area contributed by atoms with Gasteiger partial charge in [-0.1, -0.05) is 0 Å². The quantitative estimate of drug-likeness (QED) is 0.651. The van der Waals surface area contributed by atoms with E-state index in [0.29, 0.717) is 11.4 Å². The van der Waals surface area contributed by atoms with Crippen LogP contribution in [-0.4, -0.2) is 29.5 Å². The van der Waals surface area contributed by atoms with Crippen molar-refractivity contribution in [1.82, 2.24) is 0 Å². The number of hydrogen-bond donors (Lipinski definition) is 3. The Morgan fingerprint density at radius 2 is 2.20 bits per heavy atom. The summed E-state index contributed by atoms with van der Waals surface area (Å²) in [7, 11) is 1.44. The minimum absolute atomic E-state index is 0.142. The lowest BCUT2D eigenvalue weighted by Gasteiger charge is -2.13. The number of nitrogens with one attached hydrogen (secondary N) is 1. The Morgan fingerprint density at radius 1 is 1.53 bits per heavy atom. The number of anilines is 1. The first kappa shape index (κ1) is 11.3. The Labute approximate surface area is 87.3 Å². The first-order chi connectivity index (χ1) is 7.04. The summed E-state index contributed by atoms with van der Waals surface area (Å²) in [5.74, 6) is -0.632. The third-order valence-electron chi connectivity index (χ3n) is 1.81. The van der Waals surface area contributed by atoms with E-state index in [1.807, 2.05) is 0 Å². The number of methoxy groups -OCH3 is 1. The van der Waals surface area contributed by atoms with Gasteiger partial charge in [0.25, 0.3) is 0 Å². The molecule has 1 unspecified atom stereocenters. The highest BCUT2D eigenvalue weighted by Crippen LogP contribution is 2.25. The lowest BCUT2D eigenvalue weighted by atomic mass is 10.2. The molecule has 0 radical (unpaired) electrons. The molecule has 1 aromatic carbocycles. The number of aromatic carboxylic acids is 1. The Bertz CT molecular complexity index is 362. The predicted octanol–water partition coefficient (Wildman–Crippen LogP) is 1.14. The summed E-state index contributed by atoms with van der Waals surface area (Å²) < 4.78 is 5.00. The van der Waals surface area contributed by atoms with E-state index in [2.05, 4.69) is 5.32 Å². The Hall–Kier alpha value is -1.75. The van der Waals surface area contributed by atoms with Gasteiger partial charge in [-0.15, -0.1) is 0 Å². The molecule has 0 spiro atoms. The molecule has 0 aromatic heterocycles. The molecular weight excluding hydrogens is 198 g/mol. The molecule has 82 valence electrons. The molecule has 0 aliphatic heterocycles. The molecule has 0 bridgehead atoms. The fourth-order valence-corrected chi connectivity index (χ4v) is 1.17. The molecule has 15 heavy (non-hydrogen) atoms. The molecule has 0 heterocycles. The van der Waals surface area contributed by atoms with Crippen LogP contribution in [0.2, 0.25) is 0 Å². The molecular formula is C10H13NO4. The predicted molar refractivity (Wildman–Crippen MR) is 55.3 cm³/mol. The highest BCUT2D eigenvalue weighted by atomic mass is 16.5. The molecule has 0 aliphatic rings. The lowest BCUT2D eigenvalue weighted by Crippen LogP contribution is -2.14. The molecule has 0 aliphatic carbocycles. The first-order valence-electron chi connectivity index (χ1n) is 4.40. The summed E-state index contributed by atoms with van der Waals surface area (Å²) in [4.78, 5) is 10.7. The van der Waals surface area contributed by atoms with Crippen molar-refractivity contribution in [1.29, 1.82) is 0 Å². The van der Waals surface area contributed by atoms with Crippen LogP contribution in [0.25, 0.3) is 0 Å². The van der Waals surface area contributed by atoms with E-state index in [-0.39, 0.29) is 5.56 Å². The number of carboxylic acid groups (broad SMARTS) is 1. The number of aliphatic hydroxyl groups excluding tert-OH is 1. The van der Waals surface area contributed by atoms with E-state index in [9.17, 15) is 4.79 Å². The van der Waals surface area contributed by atoms with Crippen LogP contribution in [0.1, 0.15) is 17.3 Å². The third-order valence-corrected chi connectivity index (χ3v) is 1.81.